The highest BCUT2D eigenvalue weighted by molar-refractivity contribution is 7.89. The van der Waals surface area contributed by atoms with Crippen LogP contribution in [0, 0.1) is 24.4 Å². The molecule has 0 spiro atoms. The molecule has 0 radical (unpaired) electrons. The Morgan fingerprint density at radius 1 is 1.02 bits per heavy atom. The monoisotopic (exact) mass is 630 g/mol. The van der Waals surface area contributed by atoms with E-state index in [4.69, 9.17) is 14.9 Å². The molecule has 5 N–H and O–H groups in total. The number of halogens is 3. The number of benzene rings is 2. The molecule has 1 atom stereocenters. The highest BCUT2D eigenvalue weighted by Gasteiger charge is 2.27. The fourth-order valence-electron chi connectivity index (χ4n) is 3.42. The second-order valence-corrected chi connectivity index (χ2v) is 11.5. The second kappa shape index (κ2) is 13.0. The maximum absolute atomic E-state index is 14.2. The summed E-state index contributed by atoms with van der Waals surface area (Å²) in [6.45, 7) is -0.324. The lowest BCUT2D eigenvalue weighted by atomic mass is 10.1. The Labute approximate surface area is 239 Å². The summed E-state index contributed by atoms with van der Waals surface area (Å²) in [5.41, 5.74) is -0.944. The number of carboxylic acid groups (broad SMARTS) is 2. The smallest absolute Gasteiger partial charge is 0.339 e. The number of sulfonamides is 1. The summed E-state index contributed by atoms with van der Waals surface area (Å²) >= 11 is 0.773. The number of ether oxygens (including phenoxy) is 1. The van der Waals surface area contributed by atoms with E-state index in [9.17, 15) is 45.9 Å². The largest absolute Gasteiger partial charge is 0.507 e. The van der Waals surface area contributed by atoms with Crippen molar-refractivity contribution in [2.75, 3.05) is 6.61 Å². The summed E-state index contributed by atoms with van der Waals surface area (Å²) in [5, 5.41) is 30.0. The third-order valence-corrected chi connectivity index (χ3v) is 8.04. The van der Waals surface area contributed by atoms with Crippen LogP contribution in [0.4, 0.5) is 13.2 Å². The third kappa shape index (κ3) is 7.62. The summed E-state index contributed by atoms with van der Waals surface area (Å²) < 4.78 is 73.8. The number of phenols is 1. The zero-order valence-electron chi connectivity index (χ0n) is 21.3. The lowest BCUT2D eigenvalue weighted by molar-refractivity contribution is -0.139. The van der Waals surface area contributed by atoms with E-state index in [1.165, 1.54) is 12.1 Å². The maximum Gasteiger partial charge on any atom is 0.339 e. The molecule has 0 bridgehead atoms. The van der Waals surface area contributed by atoms with Crippen LogP contribution in [0.25, 0.3) is 0 Å². The minimum Gasteiger partial charge on any atom is -0.507 e. The van der Waals surface area contributed by atoms with Crippen LogP contribution in [0.1, 0.15) is 36.9 Å². The first-order valence-corrected chi connectivity index (χ1v) is 13.9. The van der Waals surface area contributed by atoms with Gasteiger partial charge in [-0.25, -0.2) is 26.7 Å². The Hall–Kier alpha value is -4.48. The van der Waals surface area contributed by atoms with E-state index >= 15 is 0 Å². The Balaban J connectivity index is 1.68. The molecule has 0 saturated carbocycles. The Morgan fingerprint density at radius 2 is 1.71 bits per heavy atom. The molecule has 42 heavy (non-hydrogen) atoms. The molecular weight excluding hydrogens is 609 g/mol. The average molecular weight is 631 g/mol. The van der Waals surface area contributed by atoms with Gasteiger partial charge in [0, 0.05) is 11.4 Å². The zero-order chi connectivity index (χ0) is 31.4. The summed E-state index contributed by atoms with van der Waals surface area (Å²) in [6, 6.07) is 4.13. The van der Waals surface area contributed by atoms with Crippen molar-refractivity contribution >= 4 is 45.0 Å². The van der Waals surface area contributed by atoms with Crippen LogP contribution in [-0.2, 0) is 26.2 Å². The van der Waals surface area contributed by atoms with Gasteiger partial charge >= 0.3 is 11.9 Å². The highest BCUT2D eigenvalue weighted by Crippen LogP contribution is 2.27. The molecule has 0 aliphatic carbocycles. The lowest BCUT2D eigenvalue weighted by Gasteiger charge is -2.16. The Bertz CT molecular complexity index is 1650. The molecule has 17 heteroatoms. The number of hydrogen-bond acceptors (Lipinski definition) is 9. The number of aromatic hydroxyl groups is 1. The van der Waals surface area contributed by atoms with Crippen LogP contribution < -0.4 is 14.8 Å². The molecule has 3 rings (SSSR count). The van der Waals surface area contributed by atoms with Crippen molar-refractivity contribution in [3.8, 4) is 11.5 Å². The molecule has 0 saturated heterocycles. The molecule has 0 aliphatic heterocycles. The van der Waals surface area contributed by atoms with Crippen LogP contribution in [0.3, 0.4) is 0 Å². The Morgan fingerprint density at radius 3 is 2.36 bits per heavy atom. The molecule has 1 heterocycles. The minimum atomic E-state index is -4.25. The van der Waals surface area contributed by atoms with Gasteiger partial charge in [-0.1, -0.05) is 0 Å². The first kappa shape index (κ1) is 32.0. The van der Waals surface area contributed by atoms with Gasteiger partial charge in [-0.3, -0.25) is 14.4 Å². The van der Waals surface area contributed by atoms with Gasteiger partial charge in [0.1, 0.15) is 24.0 Å². The third-order valence-electron chi connectivity index (χ3n) is 5.56. The van der Waals surface area contributed by atoms with Gasteiger partial charge in [0.2, 0.25) is 15.8 Å². The van der Waals surface area contributed by atoms with Gasteiger partial charge in [-0.2, -0.15) is 4.39 Å². The molecule has 1 amide bonds. The van der Waals surface area contributed by atoms with Gasteiger partial charge in [-0.15, -0.1) is 11.3 Å². The fourth-order valence-corrected chi connectivity index (χ4v) is 5.39. The molecule has 2 aromatic carbocycles. The van der Waals surface area contributed by atoms with Crippen LogP contribution >= 0.6 is 11.3 Å². The van der Waals surface area contributed by atoms with Gasteiger partial charge in [0.15, 0.2) is 23.2 Å². The van der Waals surface area contributed by atoms with Gasteiger partial charge in [0.05, 0.1) is 16.2 Å². The number of amides is 1. The van der Waals surface area contributed by atoms with Crippen molar-refractivity contribution in [2.24, 2.45) is 0 Å². The summed E-state index contributed by atoms with van der Waals surface area (Å²) in [6.07, 6.45) is -0.927. The van der Waals surface area contributed by atoms with Gasteiger partial charge in [0.25, 0.3) is 5.91 Å². The summed E-state index contributed by atoms with van der Waals surface area (Å²) in [7, 11) is -4.25. The first-order chi connectivity index (χ1) is 19.6. The average Bonchev–Trinajstić information content (AvgIpc) is 3.39. The van der Waals surface area contributed by atoms with E-state index < -0.39 is 92.1 Å². The summed E-state index contributed by atoms with van der Waals surface area (Å²) in [5.74, 6) is -11.3. The quantitative estimate of drug-likeness (QED) is 0.175. The van der Waals surface area contributed by atoms with Crippen molar-refractivity contribution in [1.29, 1.82) is 0 Å². The molecule has 1 aromatic heterocycles. The van der Waals surface area contributed by atoms with Crippen molar-refractivity contribution in [2.45, 2.75) is 30.8 Å². The molecule has 0 fully saturated rings. The molecular formula is C25H21F3N2O10S2. The molecule has 0 aliphatic rings. The van der Waals surface area contributed by atoms with Crippen molar-refractivity contribution in [1.82, 2.24) is 10.0 Å². The van der Waals surface area contributed by atoms with E-state index in [1.54, 1.807) is 0 Å². The maximum atomic E-state index is 14.2. The van der Waals surface area contributed by atoms with Gasteiger partial charge < -0.3 is 25.4 Å². The van der Waals surface area contributed by atoms with Crippen molar-refractivity contribution in [3.63, 3.8) is 0 Å². The predicted octanol–water partition coefficient (Wildman–Crippen LogP) is 2.58. The van der Waals surface area contributed by atoms with Crippen LogP contribution in [0.2, 0.25) is 0 Å². The van der Waals surface area contributed by atoms with E-state index in [0.717, 1.165) is 36.5 Å². The van der Waals surface area contributed by atoms with Crippen LogP contribution in [-0.4, -0.2) is 60.0 Å². The van der Waals surface area contributed by atoms with Crippen LogP contribution in [0.15, 0.2) is 41.3 Å². The number of hydrogen-bond donors (Lipinski definition) is 5. The standard InChI is InChI=1S/C25H21F3N2O10S2/c1-11-6-15(26)22(28)23(21(11)27)40-10-18(32)16(8-20(33)34)30-24(35)19-5-2-12(41-19)9-29-42(38,39)13-3-4-17(31)14(7-13)25(36)37/h2-7,16,29,31H,8-10H2,1H3,(H,30,35)(H,33,34)(H,36,37). The lowest BCUT2D eigenvalue weighted by Crippen LogP contribution is -2.44. The highest BCUT2D eigenvalue weighted by atomic mass is 32.2. The topological polar surface area (TPSA) is 196 Å². The first-order valence-electron chi connectivity index (χ1n) is 11.6. The van der Waals surface area contributed by atoms with Crippen molar-refractivity contribution < 1.29 is 60.8 Å². The minimum absolute atomic E-state index is 0.0658. The van der Waals surface area contributed by atoms with E-state index in [1.807, 2.05) is 0 Å². The SMILES string of the molecule is Cc1cc(F)c(F)c(OCC(=O)C(CC(=O)O)NC(=O)c2ccc(CNS(=O)(=O)c3ccc(O)c(C(=O)O)c3)s2)c1F. The number of aliphatic carboxylic acids is 1. The number of carbonyl (C=O) groups is 4. The number of thiophene rings is 1. The Kier molecular flexibility index (Phi) is 9.92. The number of Topliss-reactive ketones (excluding diaryl/α,β-unsaturated/α-hetero) is 1. The zero-order valence-corrected chi connectivity index (χ0v) is 22.9. The molecule has 224 valence electrons. The summed E-state index contributed by atoms with van der Waals surface area (Å²) in [4.78, 5) is 47.5. The van der Waals surface area contributed by atoms with Gasteiger partial charge in [-0.05, 0) is 48.9 Å². The number of ketones is 1. The number of nitrogens with one attached hydrogen (secondary N) is 2. The second-order valence-electron chi connectivity index (χ2n) is 8.59. The molecule has 3 aromatic rings. The normalized spacial score (nSPS) is 12.0. The molecule has 12 nitrogen and oxygen atoms in total. The number of carbonyl (C=O) groups excluding carboxylic acids is 2. The van der Waals surface area contributed by atoms with E-state index in [2.05, 4.69) is 10.0 Å². The number of rotatable bonds is 13. The van der Waals surface area contributed by atoms with Crippen LogP contribution in [0.5, 0.6) is 11.5 Å². The van der Waals surface area contributed by atoms with Crippen molar-refractivity contribution in [3.05, 3.63) is 74.7 Å². The van der Waals surface area contributed by atoms with E-state index in [-0.39, 0.29) is 21.9 Å². The number of carboxylic acids is 2. The number of aromatic carboxylic acids is 1. The van der Waals surface area contributed by atoms with E-state index in [0.29, 0.717) is 6.07 Å². The number of aryl methyl sites for hydroxylation is 1. The predicted molar refractivity (Wildman–Crippen MR) is 138 cm³/mol. The fraction of sp³-hybridized carbons (Fsp3) is 0.200. The molecule has 1 unspecified atom stereocenters.